The average Bonchev–Trinajstić information content (AvgIpc) is 3.05. The Labute approximate surface area is 168 Å². The second kappa shape index (κ2) is 10.1. The molecule has 152 valence electrons. The van der Waals surface area contributed by atoms with Gasteiger partial charge < -0.3 is 14.4 Å². The quantitative estimate of drug-likeness (QED) is 0.660. The van der Waals surface area contributed by atoms with E-state index < -0.39 is 0 Å². The zero-order valence-electron chi connectivity index (χ0n) is 17.8. The fourth-order valence-electron chi connectivity index (χ4n) is 3.22. The molecule has 0 atom stereocenters. The molecule has 5 nitrogen and oxygen atoms in total. The van der Waals surface area contributed by atoms with Crippen LogP contribution in [-0.2, 0) is 18.4 Å². The van der Waals surface area contributed by atoms with E-state index in [-0.39, 0.29) is 18.4 Å². The molecule has 2 aromatic rings. The van der Waals surface area contributed by atoms with Crippen molar-refractivity contribution in [2.45, 2.75) is 40.7 Å². The van der Waals surface area contributed by atoms with Crippen LogP contribution in [0.15, 0.2) is 42.6 Å². The fraction of sp³-hybridized carbons (Fsp3) is 0.478. The van der Waals surface area contributed by atoms with Crippen molar-refractivity contribution in [1.29, 1.82) is 0 Å². The highest BCUT2D eigenvalue weighted by atomic mass is 16.2. The predicted molar refractivity (Wildman–Crippen MR) is 113 cm³/mol. The van der Waals surface area contributed by atoms with Crippen molar-refractivity contribution in [3.8, 4) is 0 Å². The van der Waals surface area contributed by atoms with Crippen molar-refractivity contribution in [1.82, 2.24) is 14.4 Å². The first-order chi connectivity index (χ1) is 13.3. The Morgan fingerprint density at radius 2 is 1.75 bits per heavy atom. The summed E-state index contributed by atoms with van der Waals surface area (Å²) < 4.78 is 2.03. The first-order valence-electron chi connectivity index (χ1n) is 10.1. The minimum Gasteiger partial charge on any atom is -0.353 e. The van der Waals surface area contributed by atoms with Gasteiger partial charge in [0.1, 0.15) is 6.54 Å². The van der Waals surface area contributed by atoms with E-state index in [0.29, 0.717) is 31.1 Å². The van der Waals surface area contributed by atoms with Crippen molar-refractivity contribution >= 4 is 11.8 Å². The van der Waals surface area contributed by atoms with E-state index in [1.807, 2.05) is 73.0 Å². The largest absolute Gasteiger partial charge is 0.353 e. The number of hydrogen-bond donors (Lipinski definition) is 0. The smallest absolute Gasteiger partial charge is 0.254 e. The van der Waals surface area contributed by atoms with Crippen LogP contribution in [0.25, 0.3) is 0 Å². The molecule has 1 aromatic heterocycles. The molecule has 28 heavy (non-hydrogen) atoms. The van der Waals surface area contributed by atoms with Gasteiger partial charge in [-0.1, -0.05) is 38.5 Å². The molecule has 0 N–H and O–H groups in total. The maximum Gasteiger partial charge on any atom is 0.254 e. The van der Waals surface area contributed by atoms with Gasteiger partial charge in [-0.05, 0) is 43.5 Å². The van der Waals surface area contributed by atoms with Crippen LogP contribution in [0, 0.1) is 12.8 Å². The normalized spacial score (nSPS) is 10.9. The molecule has 1 aromatic carbocycles. The van der Waals surface area contributed by atoms with Gasteiger partial charge in [-0.15, -0.1) is 0 Å². The summed E-state index contributed by atoms with van der Waals surface area (Å²) in [5.41, 5.74) is 2.82. The highest BCUT2D eigenvalue weighted by molar-refractivity contribution is 5.96. The van der Waals surface area contributed by atoms with E-state index in [1.54, 1.807) is 4.90 Å². The van der Waals surface area contributed by atoms with Gasteiger partial charge in [0, 0.05) is 37.6 Å². The lowest BCUT2D eigenvalue weighted by atomic mass is 10.1. The zero-order chi connectivity index (χ0) is 20.7. The van der Waals surface area contributed by atoms with Gasteiger partial charge in [0.05, 0.1) is 6.54 Å². The molecule has 5 heteroatoms. The Morgan fingerprint density at radius 1 is 1.07 bits per heavy atom. The fourth-order valence-corrected chi connectivity index (χ4v) is 3.22. The van der Waals surface area contributed by atoms with Crippen LogP contribution in [0.1, 0.15) is 48.8 Å². The summed E-state index contributed by atoms with van der Waals surface area (Å²) in [5.74, 6) is 0.263. The number of carbonyl (C=O) groups excluding carboxylic acids is 2. The Kier molecular flexibility index (Phi) is 7.85. The molecule has 0 bridgehead atoms. The zero-order valence-corrected chi connectivity index (χ0v) is 17.8. The Bertz CT molecular complexity index is 777. The number of benzene rings is 1. The number of aryl methyl sites for hydroxylation is 2. The number of rotatable bonds is 9. The van der Waals surface area contributed by atoms with Crippen molar-refractivity contribution in [2.24, 2.45) is 13.0 Å². The van der Waals surface area contributed by atoms with Gasteiger partial charge in [0.25, 0.3) is 5.91 Å². The standard InChI is InChI=1S/C23H33N3O2/c1-6-13-25(23(28)20-11-9-19(4)10-12-20)17-22(27)26(15-18(2)3)16-21-8-7-14-24(21)5/h7-12,14,18H,6,13,15-17H2,1-5H3. The molecule has 2 amide bonds. The van der Waals surface area contributed by atoms with Crippen LogP contribution in [0.3, 0.4) is 0 Å². The Balaban J connectivity index is 2.15. The first kappa shape index (κ1) is 21.7. The molecule has 0 aliphatic carbocycles. The molecule has 2 rings (SSSR count). The number of aromatic nitrogens is 1. The summed E-state index contributed by atoms with van der Waals surface area (Å²) in [6.45, 7) is 10.1. The molecule has 0 unspecified atom stereocenters. The highest BCUT2D eigenvalue weighted by Crippen LogP contribution is 2.12. The van der Waals surface area contributed by atoms with Crippen LogP contribution < -0.4 is 0 Å². The molecular weight excluding hydrogens is 350 g/mol. The van der Waals surface area contributed by atoms with Crippen LogP contribution in [0.5, 0.6) is 0 Å². The van der Waals surface area contributed by atoms with E-state index in [4.69, 9.17) is 0 Å². The summed E-state index contributed by atoms with van der Waals surface area (Å²) in [6.07, 6.45) is 2.80. The second-order valence-electron chi connectivity index (χ2n) is 7.87. The third kappa shape index (κ3) is 5.98. The van der Waals surface area contributed by atoms with Crippen LogP contribution in [0.2, 0.25) is 0 Å². The topological polar surface area (TPSA) is 45.6 Å². The molecule has 0 fully saturated rings. The molecule has 1 heterocycles. The van der Waals surface area contributed by atoms with E-state index >= 15 is 0 Å². The third-order valence-electron chi connectivity index (χ3n) is 4.75. The average molecular weight is 384 g/mol. The minimum absolute atomic E-state index is 0.0104. The van der Waals surface area contributed by atoms with E-state index in [9.17, 15) is 9.59 Å². The van der Waals surface area contributed by atoms with Crippen molar-refractivity contribution in [2.75, 3.05) is 19.6 Å². The van der Waals surface area contributed by atoms with Gasteiger partial charge in [0.15, 0.2) is 0 Å². The summed E-state index contributed by atoms with van der Waals surface area (Å²) in [6, 6.07) is 11.5. The first-order valence-corrected chi connectivity index (χ1v) is 10.1. The maximum absolute atomic E-state index is 13.1. The molecule has 0 saturated heterocycles. The van der Waals surface area contributed by atoms with E-state index in [2.05, 4.69) is 13.8 Å². The van der Waals surface area contributed by atoms with Crippen molar-refractivity contribution in [3.63, 3.8) is 0 Å². The Morgan fingerprint density at radius 3 is 2.29 bits per heavy atom. The number of amides is 2. The van der Waals surface area contributed by atoms with Gasteiger partial charge >= 0.3 is 0 Å². The van der Waals surface area contributed by atoms with Crippen molar-refractivity contribution < 1.29 is 9.59 Å². The molecule has 0 aliphatic heterocycles. The van der Waals surface area contributed by atoms with Gasteiger partial charge in [-0.3, -0.25) is 9.59 Å². The predicted octanol–water partition coefficient (Wildman–Crippen LogP) is 3.87. The highest BCUT2D eigenvalue weighted by Gasteiger charge is 2.23. The molecular formula is C23H33N3O2. The molecule has 0 aliphatic rings. The third-order valence-corrected chi connectivity index (χ3v) is 4.75. The van der Waals surface area contributed by atoms with E-state index in [0.717, 1.165) is 17.7 Å². The van der Waals surface area contributed by atoms with Gasteiger partial charge in [-0.25, -0.2) is 0 Å². The van der Waals surface area contributed by atoms with Crippen LogP contribution in [0.4, 0.5) is 0 Å². The summed E-state index contributed by atoms with van der Waals surface area (Å²) in [4.78, 5) is 29.6. The number of nitrogens with zero attached hydrogens (tertiary/aromatic N) is 3. The number of carbonyl (C=O) groups is 2. The summed E-state index contributed by atoms with van der Waals surface area (Å²) in [5, 5.41) is 0. The molecule has 0 spiro atoms. The molecule has 0 saturated carbocycles. The summed E-state index contributed by atoms with van der Waals surface area (Å²) >= 11 is 0. The van der Waals surface area contributed by atoms with Crippen molar-refractivity contribution in [3.05, 3.63) is 59.4 Å². The molecule has 0 radical (unpaired) electrons. The number of hydrogen-bond acceptors (Lipinski definition) is 2. The van der Waals surface area contributed by atoms with Gasteiger partial charge in [-0.2, -0.15) is 0 Å². The van der Waals surface area contributed by atoms with Crippen LogP contribution in [-0.4, -0.2) is 45.8 Å². The minimum atomic E-state index is -0.0847. The summed E-state index contributed by atoms with van der Waals surface area (Å²) in [7, 11) is 1.98. The lowest BCUT2D eigenvalue weighted by Gasteiger charge is -2.29. The lowest BCUT2D eigenvalue weighted by molar-refractivity contribution is -0.133. The maximum atomic E-state index is 13.1. The monoisotopic (exact) mass is 383 g/mol. The second-order valence-corrected chi connectivity index (χ2v) is 7.87. The van der Waals surface area contributed by atoms with Gasteiger partial charge in [0.2, 0.25) is 5.91 Å². The SMILES string of the molecule is CCCN(CC(=O)N(Cc1cccn1C)CC(C)C)C(=O)c1ccc(C)cc1. The van der Waals surface area contributed by atoms with E-state index in [1.165, 1.54) is 0 Å². The van der Waals surface area contributed by atoms with Crippen LogP contribution >= 0.6 is 0 Å². The lowest BCUT2D eigenvalue weighted by Crippen LogP contribution is -2.44. The Hall–Kier alpha value is -2.56.